The van der Waals surface area contributed by atoms with Crippen LogP contribution in [0.3, 0.4) is 0 Å². The van der Waals surface area contributed by atoms with E-state index in [0.717, 1.165) is 28.2 Å². The van der Waals surface area contributed by atoms with Crippen LogP contribution in [-0.4, -0.2) is 22.4 Å². The molecule has 0 saturated heterocycles. The number of carbonyl (C=O) groups is 1. The van der Waals surface area contributed by atoms with Crippen molar-refractivity contribution in [2.45, 2.75) is 40.0 Å². The number of hydrogen-bond acceptors (Lipinski definition) is 3. The average Bonchev–Trinajstić information content (AvgIpc) is 3.00. The second-order valence-electron chi connectivity index (χ2n) is 6.89. The number of alkyl halides is 2. The lowest BCUT2D eigenvalue weighted by atomic mass is 10.1. The molecule has 1 heterocycles. The lowest BCUT2D eigenvalue weighted by Gasteiger charge is -2.16. The fraction of sp³-hybridized carbons (Fsp3) is 0.273. The maximum absolute atomic E-state index is 12.3. The Kier molecular flexibility index (Phi) is 6.66. The van der Waals surface area contributed by atoms with Crippen LogP contribution >= 0.6 is 0 Å². The van der Waals surface area contributed by atoms with E-state index in [4.69, 9.17) is 0 Å². The summed E-state index contributed by atoms with van der Waals surface area (Å²) in [5, 5.41) is 10.3. The summed E-state index contributed by atoms with van der Waals surface area (Å²) in [6.45, 7) is 3.16. The maximum atomic E-state index is 12.3. The van der Waals surface area contributed by atoms with Crippen molar-refractivity contribution in [2.75, 3.05) is 0 Å². The van der Waals surface area contributed by atoms with Crippen molar-refractivity contribution in [1.82, 2.24) is 20.4 Å². The molecule has 0 fully saturated rings. The first-order valence-corrected chi connectivity index (χ1v) is 9.55. The van der Waals surface area contributed by atoms with E-state index >= 15 is 0 Å². The minimum Gasteiger partial charge on any atom is -0.435 e. The highest BCUT2D eigenvalue weighted by molar-refractivity contribution is 5.74. The van der Waals surface area contributed by atoms with E-state index in [9.17, 15) is 13.6 Å². The molecule has 0 radical (unpaired) electrons. The van der Waals surface area contributed by atoms with Gasteiger partial charge in [0.25, 0.3) is 0 Å². The van der Waals surface area contributed by atoms with Crippen LogP contribution in [0.2, 0.25) is 0 Å². The minimum atomic E-state index is -2.87. The van der Waals surface area contributed by atoms with E-state index in [2.05, 4.69) is 20.5 Å². The van der Waals surface area contributed by atoms with Crippen LogP contribution < -0.4 is 15.4 Å². The highest BCUT2D eigenvalue weighted by Gasteiger charge is 2.15. The molecular formula is C22H24F2N4O2. The molecule has 158 valence electrons. The number of aryl methyl sites for hydroxylation is 1. The Balaban J connectivity index is 1.59. The standard InChI is InChI=1S/C22H24F2N4O2/c1-14(17-9-11-19(12-10-17)30-21(23)24)26-22(29)25-13-20-15(2)27-28(16(20)3)18-7-5-4-6-8-18/h4-12,14,21H,13H2,1-3H3,(H2,25,26,29). The summed E-state index contributed by atoms with van der Waals surface area (Å²) in [4.78, 5) is 12.3. The number of para-hydroxylation sites is 1. The first-order chi connectivity index (χ1) is 14.3. The Morgan fingerprint density at radius 2 is 1.77 bits per heavy atom. The first kappa shape index (κ1) is 21.3. The molecule has 0 aliphatic heterocycles. The predicted octanol–water partition coefficient (Wildman–Crippen LogP) is 4.65. The summed E-state index contributed by atoms with van der Waals surface area (Å²) in [7, 11) is 0. The molecule has 1 aromatic heterocycles. The van der Waals surface area contributed by atoms with E-state index in [1.54, 1.807) is 12.1 Å². The number of nitrogens with one attached hydrogen (secondary N) is 2. The van der Waals surface area contributed by atoms with Crippen molar-refractivity contribution < 1.29 is 18.3 Å². The van der Waals surface area contributed by atoms with E-state index < -0.39 is 6.61 Å². The van der Waals surface area contributed by atoms with Crippen molar-refractivity contribution >= 4 is 6.03 Å². The molecule has 2 amide bonds. The summed E-state index contributed by atoms with van der Waals surface area (Å²) < 4.78 is 30.7. The van der Waals surface area contributed by atoms with Crippen LogP contribution in [0.5, 0.6) is 5.75 Å². The zero-order valence-electron chi connectivity index (χ0n) is 17.0. The van der Waals surface area contributed by atoms with Gasteiger partial charge in [-0.1, -0.05) is 30.3 Å². The monoisotopic (exact) mass is 414 g/mol. The average molecular weight is 414 g/mol. The highest BCUT2D eigenvalue weighted by Crippen LogP contribution is 2.20. The van der Waals surface area contributed by atoms with Gasteiger partial charge in [0, 0.05) is 17.8 Å². The van der Waals surface area contributed by atoms with Gasteiger partial charge in [0.05, 0.1) is 17.4 Å². The molecule has 0 saturated carbocycles. The Morgan fingerprint density at radius 3 is 2.40 bits per heavy atom. The molecule has 0 spiro atoms. The number of ether oxygens (including phenoxy) is 1. The lowest BCUT2D eigenvalue weighted by Crippen LogP contribution is -2.36. The van der Waals surface area contributed by atoms with E-state index in [0.29, 0.717) is 6.54 Å². The van der Waals surface area contributed by atoms with Crippen molar-refractivity contribution in [2.24, 2.45) is 0 Å². The smallest absolute Gasteiger partial charge is 0.387 e. The van der Waals surface area contributed by atoms with Gasteiger partial charge in [-0.3, -0.25) is 0 Å². The van der Waals surface area contributed by atoms with Gasteiger partial charge in [0.15, 0.2) is 0 Å². The second-order valence-corrected chi connectivity index (χ2v) is 6.89. The highest BCUT2D eigenvalue weighted by atomic mass is 19.3. The third kappa shape index (κ3) is 5.14. The first-order valence-electron chi connectivity index (χ1n) is 9.55. The van der Waals surface area contributed by atoms with Crippen molar-refractivity contribution in [1.29, 1.82) is 0 Å². The summed E-state index contributed by atoms with van der Waals surface area (Å²) in [5.41, 5.74) is 4.49. The topological polar surface area (TPSA) is 68.2 Å². The molecule has 1 atom stereocenters. The zero-order valence-corrected chi connectivity index (χ0v) is 17.0. The van der Waals surface area contributed by atoms with Crippen LogP contribution in [0.15, 0.2) is 54.6 Å². The Bertz CT molecular complexity index is 988. The van der Waals surface area contributed by atoms with Gasteiger partial charge in [-0.15, -0.1) is 0 Å². The molecule has 3 aromatic rings. The maximum Gasteiger partial charge on any atom is 0.387 e. The number of aromatic nitrogens is 2. The number of amides is 2. The molecule has 6 nitrogen and oxygen atoms in total. The molecule has 0 aliphatic carbocycles. The number of carbonyl (C=O) groups excluding carboxylic acids is 1. The molecule has 8 heteroatoms. The Hall–Kier alpha value is -3.42. The summed E-state index contributed by atoms with van der Waals surface area (Å²) >= 11 is 0. The fourth-order valence-electron chi connectivity index (χ4n) is 3.19. The lowest BCUT2D eigenvalue weighted by molar-refractivity contribution is -0.0498. The number of nitrogens with zero attached hydrogens (tertiary/aromatic N) is 2. The summed E-state index contributed by atoms with van der Waals surface area (Å²) in [6.07, 6.45) is 0. The van der Waals surface area contributed by atoms with Crippen LogP contribution in [0.4, 0.5) is 13.6 Å². The van der Waals surface area contributed by atoms with Crippen LogP contribution in [0.1, 0.15) is 35.5 Å². The molecule has 3 rings (SSSR count). The van der Waals surface area contributed by atoms with Crippen molar-refractivity contribution in [3.05, 3.63) is 77.1 Å². The van der Waals surface area contributed by atoms with Gasteiger partial charge >= 0.3 is 12.6 Å². The molecule has 30 heavy (non-hydrogen) atoms. The summed E-state index contributed by atoms with van der Waals surface area (Å²) in [6, 6.07) is 15.3. The quantitative estimate of drug-likeness (QED) is 0.591. The number of benzene rings is 2. The van der Waals surface area contributed by atoms with Gasteiger partial charge < -0.3 is 15.4 Å². The molecule has 1 unspecified atom stereocenters. The van der Waals surface area contributed by atoms with Gasteiger partial charge in [-0.05, 0) is 50.6 Å². The molecule has 2 aromatic carbocycles. The number of rotatable bonds is 7. The normalized spacial score (nSPS) is 11.9. The largest absolute Gasteiger partial charge is 0.435 e. The number of hydrogen-bond donors (Lipinski definition) is 2. The minimum absolute atomic E-state index is 0.0757. The second kappa shape index (κ2) is 9.39. The van der Waals surface area contributed by atoms with Crippen LogP contribution in [0.25, 0.3) is 5.69 Å². The fourth-order valence-corrected chi connectivity index (χ4v) is 3.19. The SMILES string of the molecule is Cc1nn(-c2ccccc2)c(C)c1CNC(=O)NC(C)c1ccc(OC(F)F)cc1. The van der Waals surface area contributed by atoms with Crippen molar-refractivity contribution in [3.63, 3.8) is 0 Å². The van der Waals surface area contributed by atoms with Gasteiger partial charge in [0.2, 0.25) is 0 Å². The predicted molar refractivity (Wildman–Crippen MR) is 110 cm³/mol. The third-order valence-electron chi connectivity index (χ3n) is 4.82. The van der Waals surface area contributed by atoms with E-state index in [1.165, 1.54) is 12.1 Å². The Morgan fingerprint density at radius 1 is 1.10 bits per heavy atom. The number of urea groups is 1. The molecular weight excluding hydrogens is 390 g/mol. The van der Waals surface area contributed by atoms with Gasteiger partial charge in [-0.25, -0.2) is 9.48 Å². The summed E-state index contributed by atoms with van der Waals surface area (Å²) in [5.74, 6) is 0.0757. The van der Waals surface area contributed by atoms with Crippen LogP contribution in [0, 0.1) is 13.8 Å². The molecule has 0 aliphatic rings. The van der Waals surface area contributed by atoms with Gasteiger partial charge in [0.1, 0.15) is 5.75 Å². The van der Waals surface area contributed by atoms with E-state index in [1.807, 2.05) is 55.8 Å². The zero-order chi connectivity index (χ0) is 21.7. The van der Waals surface area contributed by atoms with E-state index in [-0.39, 0.29) is 17.8 Å². The van der Waals surface area contributed by atoms with Crippen LogP contribution in [-0.2, 0) is 6.54 Å². The Labute approximate surface area is 173 Å². The third-order valence-corrected chi connectivity index (χ3v) is 4.82. The van der Waals surface area contributed by atoms with Gasteiger partial charge in [-0.2, -0.15) is 13.9 Å². The number of halogens is 2. The van der Waals surface area contributed by atoms with Crippen molar-refractivity contribution in [3.8, 4) is 11.4 Å². The molecule has 2 N–H and O–H groups in total. The molecule has 0 bridgehead atoms.